The Morgan fingerprint density at radius 1 is 1.38 bits per heavy atom. The maximum absolute atomic E-state index is 13.0. The third kappa shape index (κ3) is 2.98. The summed E-state index contributed by atoms with van der Waals surface area (Å²) in [6.45, 7) is 2.25. The minimum atomic E-state index is -0.722. The number of hydrogen-bond donors (Lipinski definition) is 2. The summed E-state index contributed by atoms with van der Waals surface area (Å²) in [6, 6.07) is 7.82. The van der Waals surface area contributed by atoms with Crippen LogP contribution in [0.15, 0.2) is 35.1 Å². The second-order valence-electron chi connectivity index (χ2n) is 5.26. The molecule has 1 amide bonds. The van der Waals surface area contributed by atoms with Crippen molar-refractivity contribution in [3.05, 3.63) is 57.8 Å². The van der Waals surface area contributed by atoms with Crippen molar-refractivity contribution < 1.29 is 13.9 Å². The molecule has 0 atom stereocenters. The van der Waals surface area contributed by atoms with Gasteiger partial charge < -0.3 is 9.30 Å². The highest BCUT2D eigenvalue weighted by Gasteiger charge is 2.14. The molecule has 7 nitrogen and oxygen atoms in total. The normalized spacial score (nSPS) is 10.8. The molecule has 2 aromatic heterocycles. The van der Waals surface area contributed by atoms with Gasteiger partial charge in [0.15, 0.2) is 0 Å². The summed E-state index contributed by atoms with van der Waals surface area (Å²) >= 11 is 0. The zero-order chi connectivity index (χ0) is 17.3. The summed E-state index contributed by atoms with van der Waals surface area (Å²) in [7, 11) is 1.22. The van der Waals surface area contributed by atoms with E-state index >= 15 is 0 Å². The third-order valence-electron chi connectivity index (χ3n) is 3.62. The lowest BCUT2D eigenvalue weighted by molar-refractivity contribution is 0.186. The van der Waals surface area contributed by atoms with Gasteiger partial charge in [0.25, 0.3) is 5.56 Å². The maximum Gasteiger partial charge on any atom is 0.413 e. The average Bonchev–Trinajstić information content (AvgIpc) is 2.85. The predicted molar refractivity (Wildman–Crippen MR) is 86.6 cm³/mol. The molecule has 0 bridgehead atoms. The highest BCUT2D eigenvalue weighted by molar-refractivity contribution is 5.84. The van der Waals surface area contributed by atoms with Gasteiger partial charge in [0.05, 0.1) is 12.6 Å². The van der Waals surface area contributed by atoms with Crippen molar-refractivity contribution in [1.29, 1.82) is 0 Å². The van der Waals surface area contributed by atoms with Crippen LogP contribution in [0.2, 0.25) is 0 Å². The Balaban J connectivity index is 2.03. The smallest absolute Gasteiger partial charge is 0.413 e. The van der Waals surface area contributed by atoms with Gasteiger partial charge in [0, 0.05) is 12.2 Å². The Morgan fingerprint density at radius 3 is 2.75 bits per heavy atom. The number of hydrogen-bond acceptors (Lipinski definition) is 4. The molecule has 1 aromatic carbocycles. The second-order valence-corrected chi connectivity index (χ2v) is 5.26. The number of nitrogens with one attached hydrogen (secondary N) is 2. The van der Waals surface area contributed by atoms with Crippen molar-refractivity contribution in [3.8, 4) is 0 Å². The number of benzene rings is 1. The van der Waals surface area contributed by atoms with Crippen LogP contribution in [0, 0.1) is 12.7 Å². The van der Waals surface area contributed by atoms with Crippen LogP contribution in [0.1, 0.15) is 11.3 Å². The molecule has 3 rings (SSSR count). The molecule has 0 aliphatic rings. The summed E-state index contributed by atoms with van der Waals surface area (Å²) in [5, 5.41) is 2.33. The Bertz CT molecular complexity index is 960. The van der Waals surface area contributed by atoms with E-state index in [9.17, 15) is 14.0 Å². The molecule has 3 aromatic rings. The number of aryl methyl sites for hydroxylation is 1. The first-order valence-electron chi connectivity index (χ1n) is 7.17. The van der Waals surface area contributed by atoms with E-state index in [0.29, 0.717) is 17.6 Å². The SMILES string of the molecule is COC(=O)Nc1nc2cc(C)n(Cc3ccc(F)cc3)c2c(=O)[nH]1. The average molecular weight is 330 g/mol. The van der Waals surface area contributed by atoms with Gasteiger partial charge in [-0.1, -0.05) is 12.1 Å². The number of halogens is 1. The summed E-state index contributed by atoms with van der Waals surface area (Å²) in [6.07, 6.45) is -0.722. The number of H-pyrrole nitrogens is 1. The van der Waals surface area contributed by atoms with Crippen molar-refractivity contribution in [3.63, 3.8) is 0 Å². The van der Waals surface area contributed by atoms with E-state index in [0.717, 1.165) is 11.3 Å². The van der Waals surface area contributed by atoms with E-state index in [4.69, 9.17) is 0 Å². The number of amides is 1. The maximum atomic E-state index is 13.0. The van der Waals surface area contributed by atoms with Crippen molar-refractivity contribution in [2.75, 3.05) is 12.4 Å². The number of methoxy groups -OCH3 is 1. The molecule has 2 N–H and O–H groups in total. The number of rotatable bonds is 3. The minimum Gasteiger partial charge on any atom is -0.453 e. The summed E-state index contributed by atoms with van der Waals surface area (Å²) < 4.78 is 19.3. The molecule has 0 aliphatic carbocycles. The number of ether oxygens (including phenoxy) is 1. The quantitative estimate of drug-likeness (QED) is 0.772. The van der Waals surface area contributed by atoms with Gasteiger partial charge in [0.2, 0.25) is 5.95 Å². The van der Waals surface area contributed by atoms with Gasteiger partial charge in [-0.25, -0.2) is 14.2 Å². The van der Waals surface area contributed by atoms with Crippen LogP contribution in [0.25, 0.3) is 11.0 Å². The highest BCUT2D eigenvalue weighted by atomic mass is 19.1. The molecular weight excluding hydrogens is 315 g/mol. The Morgan fingerprint density at radius 2 is 2.08 bits per heavy atom. The Kier molecular flexibility index (Phi) is 4.03. The van der Waals surface area contributed by atoms with Crippen molar-refractivity contribution in [1.82, 2.24) is 14.5 Å². The molecular formula is C16H15FN4O3. The van der Waals surface area contributed by atoms with Crippen LogP contribution in [0.4, 0.5) is 15.1 Å². The van der Waals surface area contributed by atoms with E-state index in [1.165, 1.54) is 19.2 Å². The van der Waals surface area contributed by atoms with Crippen molar-refractivity contribution in [2.24, 2.45) is 0 Å². The molecule has 124 valence electrons. The molecule has 0 saturated carbocycles. The van der Waals surface area contributed by atoms with E-state index in [2.05, 4.69) is 20.0 Å². The fraction of sp³-hybridized carbons (Fsp3) is 0.188. The van der Waals surface area contributed by atoms with Gasteiger partial charge in [-0.3, -0.25) is 15.1 Å². The Hall–Kier alpha value is -3.16. The fourth-order valence-electron chi connectivity index (χ4n) is 2.48. The molecule has 0 spiro atoms. The number of fused-ring (bicyclic) bond motifs is 1. The molecule has 24 heavy (non-hydrogen) atoms. The summed E-state index contributed by atoms with van der Waals surface area (Å²) in [5.74, 6) is -0.302. The first-order valence-corrected chi connectivity index (χ1v) is 7.17. The zero-order valence-electron chi connectivity index (χ0n) is 13.1. The lowest BCUT2D eigenvalue weighted by atomic mass is 10.2. The monoisotopic (exact) mass is 330 g/mol. The molecule has 8 heteroatoms. The summed E-state index contributed by atoms with van der Waals surface area (Å²) in [4.78, 5) is 30.3. The van der Waals surface area contributed by atoms with Crippen molar-refractivity contribution in [2.45, 2.75) is 13.5 Å². The van der Waals surface area contributed by atoms with Crippen LogP contribution in [0.3, 0.4) is 0 Å². The predicted octanol–water partition coefficient (Wildman–Crippen LogP) is 2.40. The van der Waals surface area contributed by atoms with E-state index in [-0.39, 0.29) is 17.3 Å². The number of carbonyl (C=O) groups excluding carboxylic acids is 1. The minimum absolute atomic E-state index is 0.0123. The molecule has 0 radical (unpaired) electrons. The second kappa shape index (κ2) is 6.15. The first-order chi connectivity index (χ1) is 11.5. The van der Waals surface area contributed by atoms with Gasteiger partial charge in [-0.05, 0) is 30.7 Å². The lowest BCUT2D eigenvalue weighted by Crippen LogP contribution is -2.19. The van der Waals surface area contributed by atoms with Gasteiger partial charge in [-0.15, -0.1) is 0 Å². The largest absolute Gasteiger partial charge is 0.453 e. The van der Waals surface area contributed by atoms with Crippen LogP contribution in [-0.4, -0.2) is 27.7 Å². The molecule has 0 unspecified atom stereocenters. The Labute approximate surface area is 136 Å². The van der Waals surface area contributed by atoms with Crippen LogP contribution in [0.5, 0.6) is 0 Å². The third-order valence-corrected chi connectivity index (χ3v) is 3.62. The molecule has 0 aliphatic heterocycles. The number of aromatic nitrogens is 3. The molecule has 2 heterocycles. The zero-order valence-corrected chi connectivity index (χ0v) is 13.1. The number of carbonyl (C=O) groups is 1. The van der Waals surface area contributed by atoms with E-state index in [1.807, 2.05) is 6.92 Å². The number of aromatic amines is 1. The van der Waals surface area contributed by atoms with Crippen molar-refractivity contribution >= 4 is 23.1 Å². The van der Waals surface area contributed by atoms with Crippen LogP contribution < -0.4 is 10.9 Å². The molecule has 0 saturated heterocycles. The highest BCUT2D eigenvalue weighted by Crippen LogP contribution is 2.17. The van der Waals surface area contributed by atoms with Gasteiger partial charge >= 0.3 is 6.09 Å². The van der Waals surface area contributed by atoms with Crippen LogP contribution >= 0.6 is 0 Å². The van der Waals surface area contributed by atoms with Gasteiger partial charge in [0.1, 0.15) is 11.3 Å². The van der Waals surface area contributed by atoms with Crippen LogP contribution in [-0.2, 0) is 11.3 Å². The molecule has 0 fully saturated rings. The number of nitrogens with zero attached hydrogens (tertiary/aromatic N) is 2. The standard InChI is InChI=1S/C16H15FN4O3/c1-9-7-12-13(14(22)19-15(18-12)20-16(23)24-2)21(9)8-10-3-5-11(17)6-4-10/h3-7H,8H2,1-2H3,(H2,18,19,20,22,23). The topological polar surface area (TPSA) is 89.0 Å². The van der Waals surface area contributed by atoms with E-state index < -0.39 is 6.09 Å². The van der Waals surface area contributed by atoms with E-state index in [1.54, 1.807) is 22.8 Å². The van der Waals surface area contributed by atoms with Gasteiger partial charge in [-0.2, -0.15) is 0 Å². The lowest BCUT2D eigenvalue weighted by Gasteiger charge is -2.08. The first kappa shape index (κ1) is 15.7. The fourth-order valence-corrected chi connectivity index (χ4v) is 2.48. The number of anilines is 1. The summed E-state index contributed by atoms with van der Waals surface area (Å²) in [5.41, 5.74) is 2.12.